The minimum Gasteiger partial charge on any atom is -0.497 e. The summed E-state index contributed by atoms with van der Waals surface area (Å²) in [5, 5.41) is 2.60. The molecule has 0 aliphatic rings. The monoisotopic (exact) mass is 476 g/mol. The van der Waals surface area contributed by atoms with E-state index in [4.69, 9.17) is 4.74 Å². The molecule has 2 aromatic rings. The molecule has 0 aliphatic carbocycles. The van der Waals surface area contributed by atoms with Crippen molar-refractivity contribution in [3.63, 3.8) is 0 Å². The molecule has 2 amide bonds. The number of likely N-dealkylation sites (N-methyl/N-ethyl adjacent to an activating group) is 1. The summed E-state index contributed by atoms with van der Waals surface area (Å²) < 4.78 is 33.5. The normalized spacial score (nSPS) is 12.2. The molecule has 0 heterocycles. The fourth-order valence-electron chi connectivity index (χ4n) is 3.36. The van der Waals surface area contributed by atoms with Crippen molar-refractivity contribution in [3.05, 3.63) is 60.2 Å². The van der Waals surface area contributed by atoms with Crippen LogP contribution >= 0.6 is 0 Å². The summed E-state index contributed by atoms with van der Waals surface area (Å²) in [6.07, 6.45) is 0.362. The van der Waals surface area contributed by atoms with Gasteiger partial charge in [-0.15, -0.1) is 0 Å². The van der Waals surface area contributed by atoms with Gasteiger partial charge in [-0.05, 0) is 36.2 Å². The van der Waals surface area contributed by atoms with Crippen molar-refractivity contribution in [1.82, 2.24) is 14.5 Å². The van der Waals surface area contributed by atoms with E-state index in [0.717, 1.165) is 14.2 Å². The summed E-state index contributed by atoms with van der Waals surface area (Å²) in [5.74, 6) is -0.202. The Labute approximate surface area is 196 Å². The number of nitrogens with one attached hydrogen (secondary N) is 1. The zero-order valence-corrected chi connectivity index (χ0v) is 20.5. The molecule has 0 aliphatic heterocycles. The Hall–Kier alpha value is -3.11. The Bertz CT molecular complexity index is 1040. The Balaban J connectivity index is 2.47. The molecule has 0 radical (unpaired) electrons. The Morgan fingerprint density at radius 3 is 2.27 bits per heavy atom. The van der Waals surface area contributed by atoms with Gasteiger partial charge in [-0.1, -0.05) is 37.3 Å². The topological polar surface area (TPSA) is 99.3 Å². The lowest BCUT2D eigenvalue weighted by Gasteiger charge is -2.33. The number of amides is 2. The van der Waals surface area contributed by atoms with Gasteiger partial charge in [0.15, 0.2) is 0 Å². The predicted molar refractivity (Wildman–Crippen MR) is 128 cm³/mol. The second-order valence-corrected chi connectivity index (χ2v) is 9.61. The Morgan fingerprint density at radius 2 is 1.73 bits per heavy atom. The minimum atomic E-state index is -3.96. The maximum absolute atomic E-state index is 13.6. The van der Waals surface area contributed by atoms with Gasteiger partial charge in [0.25, 0.3) is 0 Å². The first kappa shape index (κ1) is 26.1. The smallest absolute Gasteiger partial charge is 0.304 e. The first-order chi connectivity index (χ1) is 15.6. The van der Waals surface area contributed by atoms with E-state index < -0.39 is 28.7 Å². The van der Waals surface area contributed by atoms with Crippen LogP contribution in [-0.4, -0.2) is 70.3 Å². The molecule has 0 unspecified atom stereocenters. The van der Waals surface area contributed by atoms with Crippen molar-refractivity contribution in [2.24, 2.45) is 0 Å². The number of anilines is 1. The van der Waals surface area contributed by atoms with Gasteiger partial charge < -0.3 is 15.0 Å². The third-order valence-corrected chi connectivity index (χ3v) is 7.00. The van der Waals surface area contributed by atoms with E-state index in [2.05, 4.69) is 5.32 Å². The standard InChI is InChI=1S/C23H32N4O5S/c1-6-21(23(29)24-2)26(16-18-11-10-14-20(15-18)32-5)22(28)17-27(33(30,31)25(3)4)19-12-8-7-9-13-19/h7-15,21H,6,16-17H2,1-5H3,(H,24,29)/t21-/m0/s1. The number of nitrogens with zero attached hydrogens (tertiary/aromatic N) is 3. The molecule has 0 saturated heterocycles. The van der Waals surface area contributed by atoms with Crippen LogP contribution in [0.3, 0.4) is 0 Å². The summed E-state index contributed by atoms with van der Waals surface area (Å²) >= 11 is 0. The maximum atomic E-state index is 13.6. The molecule has 1 N–H and O–H groups in total. The van der Waals surface area contributed by atoms with E-state index in [1.54, 1.807) is 62.6 Å². The van der Waals surface area contributed by atoms with Crippen LogP contribution in [-0.2, 0) is 26.3 Å². The van der Waals surface area contributed by atoms with E-state index in [9.17, 15) is 18.0 Å². The van der Waals surface area contributed by atoms with Crippen molar-refractivity contribution >= 4 is 27.7 Å². The van der Waals surface area contributed by atoms with Crippen LogP contribution in [0.5, 0.6) is 5.75 Å². The molecule has 0 spiro atoms. The van der Waals surface area contributed by atoms with Gasteiger partial charge in [-0.25, -0.2) is 4.31 Å². The zero-order valence-electron chi connectivity index (χ0n) is 19.7. The first-order valence-electron chi connectivity index (χ1n) is 10.5. The number of benzene rings is 2. The summed E-state index contributed by atoms with van der Waals surface area (Å²) in [4.78, 5) is 27.6. The predicted octanol–water partition coefficient (Wildman–Crippen LogP) is 1.86. The van der Waals surface area contributed by atoms with Crippen LogP contribution < -0.4 is 14.4 Å². The highest BCUT2D eigenvalue weighted by atomic mass is 32.2. The number of hydrogen-bond acceptors (Lipinski definition) is 5. The summed E-state index contributed by atoms with van der Waals surface area (Å²) in [6, 6.07) is 14.8. The van der Waals surface area contributed by atoms with Crippen molar-refractivity contribution in [1.29, 1.82) is 0 Å². The van der Waals surface area contributed by atoms with Crippen LogP contribution in [0.2, 0.25) is 0 Å². The van der Waals surface area contributed by atoms with Gasteiger partial charge in [0, 0.05) is 27.7 Å². The maximum Gasteiger partial charge on any atom is 0.304 e. The molecule has 0 aromatic heterocycles. The number of carbonyl (C=O) groups is 2. The Kier molecular flexibility index (Phi) is 9.24. The average Bonchev–Trinajstić information content (AvgIpc) is 2.82. The second kappa shape index (κ2) is 11.7. The quantitative estimate of drug-likeness (QED) is 0.534. The van der Waals surface area contributed by atoms with E-state index in [0.29, 0.717) is 17.9 Å². The third kappa shape index (κ3) is 6.45. The van der Waals surface area contributed by atoms with E-state index >= 15 is 0 Å². The van der Waals surface area contributed by atoms with Crippen LogP contribution in [0.25, 0.3) is 0 Å². The van der Waals surface area contributed by atoms with Gasteiger partial charge in [-0.3, -0.25) is 9.59 Å². The number of hydrogen-bond donors (Lipinski definition) is 1. The van der Waals surface area contributed by atoms with Crippen molar-refractivity contribution in [2.45, 2.75) is 25.9 Å². The molecule has 9 nitrogen and oxygen atoms in total. The highest BCUT2D eigenvalue weighted by Gasteiger charge is 2.33. The minimum absolute atomic E-state index is 0.118. The van der Waals surface area contributed by atoms with Gasteiger partial charge >= 0.3 is 10.2 Å². The van der Waals surface area contributed by atoms with Gasteiger partial charge in [0.1, 0.15) is 18.3 Å². The average molecular weight is 477 g/mol. The van der Waals surface area contributed by atoms with Crippen LogP contribution in [0.1, 0.15) is 18.9 Å². The van der Waals surface area contributed by atoms with E-state index in [1.807, 2.05) is 6.07 Å². The molecule has 2 rings (SSSR count). The molecule has 1 atom stereocenters. The largest absolute Gasteiger partial charge is 0.497 e. The lowest BCUT2D eigenvalue weighted by molar-refractivity contribution is -0.140. The number of methoxy groups -OCH3 is 1. The van der Waals surface area contributed by atoms with Gasteiger partial charge in [0.05, 0.1) is 12.8 Å². The van der Waals surface area contributed by atoms with Crippen LogP contribution in [0.15, 0.2) is 54.6 Å². The third-order valence-electron chi connectivity index (χ3n) is 5.18. The Morgan fingerprint density at radius 1 is 1.06 bits per heavy atom. The van der Waals surface area contributed by atoms with Crippen molar-refractivity contribution in [2.75, 3.05) is 39.1 Å². The number of ether oxygens (including phenoxy) is 1. The molecule has 33 heavy (non-hydrogen) atoms. The molecule has 0 saturated carbocycles. The van der Waals surface area contributed by atoms with Crippen LogP contribution in [0, 0.1) is 0 Å². The fraction of sp³-hybridized carbons (Fsp3) is 0.391. The summed E-state index contributed by atoms with van der Waals surface area (Å²) in [7, 11) is 1.90. The molecule has 180 valence electrons. The molecular weight excluding hydrogens is 444 g/mol. The molecule has 2 aromatic carbocycles. The lowest BCUT2D eigenvalue weighted by Crippen LogP contribution is -2.52. The van der Waals surface area contributed by atoms with Gasteiger partial charge in [-0.2, -0.15) is 12.7 Å². The van der Waals surface area contributed by atoms with Crippen LogP contribution in [0.4, 0.5) is 5.69 Å². The number of carbonyl (C=O) groups excluding carboxylic acids is 2. The van der Waals surface area contributed by atoms with Crippen molar-refractivity contribution in [3.8, 4) is 5.75 Å². The molecular formula is C23H32N4O5S. The van der Waals surface area contributed by atoms with Crippen molar-refractivity contribution < 1.29 is 22.7 Å². The molecule has 10 heteroatoms. The number of rotatable bonds is 11. The second-order valence-electron chi connectivity index (χ2n) is 7.54. The van der Waals surface area contributed by atoms with E-state index in [-0.39, 0.29) is 12.5 Å². The highest BCUT2D eigenvalue weighted by Crippen LogP contribution is 2.22. The lowest BCUT2D eigenvalue weighted by atomic mass is 10.1. The number of para-hydroxylation sites is 1. The van der Waals surface area contributed by atoms with E-state index in [1.165, 1.54) is 26.0 Å². The van der Waals surface area contributed by atoms with Gasteiger partial charge in [0.2, 0.25) is 11.8 Å². The SMILES string of the molecule is CC[C@@H](C(=O)NC)N(Cc1cccc(OC)c1)C(=O)CN(c1ccccc1)S(=O)(=O)N(C)C. The summed E-state index contributed by atoms with van der Waals surface area (Å²) in [6.45, 7) is 1.46. The summed E-state index contributed by atoms with van der Waals surface area (Å²) in [5.41, 5.74) is 1.11. The fourth-order valence-corrected chi connectivity index (χ4v) is 4.42. The zero-order chi connectivity index (χ0) is 24.6. The molecule has 0 bridgehead atoms. The highest BCUT2D eigenvalue weighted by molar-refractivity contribution is 7.90. The first-order valence-corrected chi connectivity index (χ1v) is 11.9. The molecule has 0 fully saturated rings.